The molecule has 4 atom stereocenters. The molecule has 0 radical (unpaired) electrons. The molecule has 68 heavy (non-hydrogen) atoms. The van der Waals surface area contributed by atoms with E-state index in [2.05, 4.69) is 52.5 Å². The number of benzene rings is 4. The van der Waals surface area contributed by atoms with E-state index in [0.717, 1.165) is 24.3 Å². The molecule has 0 aliphatic carbocycles. The molecule has 4 aliphatic rings. The highest BCUT2D eigenvalue weighted by atomic mass is 79.9. The first-order valence-corrected chi connectivity index (χ1v) is 22.9. The first-order chi connectivity index (χ1) is 31.8. The Morgan fingerprint density at radius 2 is 0.941 bits per heavy atom. The summed E-state index contributed by atoms with van der Waals surface area (Å²) in [5.74, 6) is -2.42. The molecule has 4 aliphatic heterocycles. The van der Waals surface area contributed by atoms with Crippen LogP contribution in [0.3, 0.4) is 0 Å². The summed E-state index contributed by atoms with van der Waals surface area (Å²) in [5, 5.41) is 12.6. The molecule has 0 amide bonds. The van der Waals surface area contributed by atoms with Crippen LogP contribution in [0.15, 0.2) is 81.3 Å². The van der Waals surface area contributed by atoms with Crippen molar-refractivity contribution in [2.24, 2.45) is 20.6 Å². The Bertz CT molecular complexity index is 2610. The van der Waals surface area contributed by atoms with Crippen LogP contribution in [0.1, 0.15) is 92.6 Å². The molecule has 0 saturated carbocycles. The number of alkyl halides is 6. The third kappa shape index (κ3) is 10.4. The highest BCUT2D eigenvalue weighted by Crippen LogP contribution is 2.52. The predicted octanol–water partition coefficient (Wildman–Crippen LogP) is 14.2. The maximum Gasteiger partial charge on any atom is 0.435 e. The minimum Gasteiger partial charge on any atom is -0.391 e. The zero-order valence-electron chi connectivity index (χ0n) is 34.7. The van der Waals surface area contributed by atoms with Gasteiger partial charge in [0.05, 0.1) is 44.4 Å². The fourth-order valence-corrected chi connectivity index (χ4v) is 9.51. The zero-order chi connectivity index (χ0) is 49.7. The summed E-state index contributed by atoms with van der Waals surface area (Å²) < 4.78 is 114. The molecule has 0 saturated heterocycles. The topological polar surface area (TPSA) is 120 Å². The van der Waals surface area contributed by atoms with Gasteiger partial charge in [0.2, 0.25) is 0 Å². The van der Waals surface area contributed by atoms with E-state index in [1.165, 1.54) is 24.3 Å². The third-order valence-electron chi connectivity index (χ3n) is 11.2. The number of rotatable bonds is 10. The van der Waals surface area contributed by atoms with E-state index in [1.54, 1.807) is 26.0 Å². The highest BCUT2D eigenvalue weighted by molar-refractivity contribution is 9.18. The first-order valence-electron chi connectivity index (χ1n) is 19.8. The van der Waals surface area contributed by atoms with Crippen LogP contribution in [-0.2, 0) is 30.6 Å². The monoisotopic (exact) mass is 1160 g/mol. The van der Waals surface area contributed by atoms with Gasteiger partial charge in [-0.1, -0.05) is 91.3 Å². The molecular formula is C44H30Br2Cl4F8N4O6. The summed E-state index contributed by atoms with van der Waals surface area (Å²) >= 11 is 29.3. The van der Waals surface area contributed by atoms with Crippen molar-refractivity contribution in [1.82, 2.24) is 0 Å². The standard InChI is InChI=1S/2C22H15BrCl2F4N2O3/c2*1-10-4-11(2-3-14(10)18(32)7-13-8-19(23)31-33-13)17-9-21(34-30-17,22(27,28)29)12-5-15(24)20(26)16(25)6-12/h2*2-6,13H,7-9H2,1H3/t13-,21+;13-,21-/m10/s1. The molecule has 0 aromatic heterocycles. The Hall–Kier alpha value is -4.34. The fourth-order valence-electron chi connectivity index (χ4n) is 7.65. The number of nitrogens with zero attached hydrogens (tertiary/aromatic N) is 4. The summed E-state index contributed by atoms with van der Waals surface area (Å²) in [4.78, 5) is 45.5. The lowest BCUT2D eigenvalue weighted by atomic mass is 9.86. The van der Waals surface area contributed by atoms with Crippen LogP contribution in [0.4, 0.5) is 35.1 Å². The second-order valence-electron chi connectivity index (χ2n) is 15.9. The van der Waals surface area contributed by atoms with Gasteiger partial charge in [-0.25, -0.2) is 8.78 Å². The van der Waals surface area contributed by atoms with Crippen LogP contribution in [0.5, 0.6) is 0 Å². The molecule has 4 heterocycles. The summed E-state index contributed by atoms with van der Waals surface area (Å²) in [5.41, 5.74) is -4.07. The number of Topliss-reactive ketones (excluding diaryl/α,β-unsaturated/α-hetero) is 2. The van der Waals surface area contributed by atoms with Crippen molar-refractivity contribution < 1.29 is 64.1 Å². The molecule has 4 aromatic carbocycles. The molecule has 0 fully saturated rings. The number of oxime groups is 4. The third-order valence-corrected chi connectivity index (χ3v) is 13.2. The molecule has 0 unspecified atom stereocenters. The van der Waals surface area contributed by atoms with Crippen molar-refractivity contribution in [2.45, 2.75) is 88.1 Å². The van der Waals surface area contributed by atoms with Crippen molar-refractivity contribution in [3.05, 3.63) is 137 Å². The lowest BCUT2D eigenvalue weighted by Gasteiger charge is -2.29. The van der Waals surface area contributed by atoms with Crippen LogP contribution in [0.25, 0.3) is 0 Å². The summed E-state index contributed by atoms with van der Waals surface area (Å²) in [6.07, 6.45) is -10.8. The van der Waals surface area contributed by atoms with Crippen LogP contribution >= 0.6 is 78.3 Å². The van der Waals surface area contributed by atoms with Gasteiger partial charge in [-0.3, -0.25) is 9.59 Å². The zero-order valence-corrected chi connectivity index (χ0v) is 40.9. The van der Waals surface area contributed by atoms with Crippen molar-refractivity contribution >= 4 is 110 Å². The molecule has 0 spiro atoms. The van der Waals surface area contributed by atoms with Crippen LogP contribution < -0.4 is 0 Å². The average Bonchev–Trinajstić information content (AvgIpc) is 4.09. The van der Waals surface area contributed by atoms with Gasteiger partial charge in [-0.2, -0.15) is 26.3 Å². The fraction of sp³-hybridized carbons (Fsp3) is 0.318. The Labute approximate surface area is 417 Å². The molecule has 360 valence electrons. The van der Waals surface area contributed by atoms with E-state index in [9.17, 15) is 44.7 Å². The first kappa shape index (κ1) is 51.5. The number of carbonyl (C=O) groups is 2. The van der Waals surface area contributed by atoms with E-state index in [-0.39, 0.29) is 48.0 Å². The lowest BCUT2D eigenvalue weighted by molar-refractivity contribution is -0.276. The minimum absolute atomic E-state index is 0.00690. The summed E-state index contributed by atoms with van der Waals surface area (Å²) in [7, 11) is 0. The minimum atomic E-state index is -4.91. The molecular weight excluding hydrogens is 1130 g/mol. The van der Waals surface area contributed by atoms with Crippen molar-refractivity contribution in [3.8, 4) is 0 Å². The highest BCUT2D eigenvalue weighted by Gasteiger charge is 2.64. The van der Waals surface area contributed by atoms with E-state index in [0.29, 0.717) is 55.5 Å². The molecule has 0 N–H and O–H groups in total. The van der Waals surface area contributed by atoms with Crippen LogP contribution in [-0.4, -0.2) is 56.8 Å². The van der Waals surface area contributed by atoms with Gasteiger partial charge in [0, 0.05) is 47.9 Å². The van der Waals surface area contributed by atoms with Gasteiger partial charge in [-0.15, -0.1) is 0 Å². The Balaban J connectivity index is 0.000000201. The van der Waals surface area contributed by atoms with E-state index in [1.807, 2.05) is 0 Å². The largest absolute Gasteiger partial charge is 0.435 e. The Morgan fingerprint density at radius 3 is 1.22 bits per heavy atom. The summed E-state index contributed by atoms with van der Waals surface area (Å²) in [6.45, 7) is 3.34. The van der Waals surface area contributed by atoms with E-state index < -0.39 is 79.2 Å². The predicted molar refractivity (Wildman–Crippen MR) is 245 cm³/mol. The van der Waals surface area contributed by atoms with Gasteiger partial charge >= 0.3 is 12.4 Å². The maximum absolute atomic E-state index is 14.2. The Morgan fingerprint density at radius 1 is 0.603 bits per heavy atom. The van der Waals surface area contributed by atoms with Gasteiger partial charge in [0.1, 0.15) is 21.4 Å². The SMILES string of the molecule is Cc1cc(C2=NO[C@@](c3cc(Cl)c(F)c(Cl)c3)(C(F)(F)F)C2)ccc1C(=O)C[C@@H]1CC(Br)=NO1.Cc1cc(C2=NO[C@@](c3cc(Cl)c(F)c(Cl)c3)(C(F)(F)F)C2)ccc1C(=O)C[C@H]1CC(Br)=NO1. The second kappa shape index (κ2) is 19.8. The number of hydrogen-bond donors (Lipinski definition) is 0. The Kier molecular flexibility index (Phi) is 15.0. The number of halogens is 14. The molecule has 4 aromatic rings. The quantitative estimate of drug-likeness (QED) is 0.0886. The molecule has 0 bridgehead atoms. The van der Waals surface area contributed by atoms with Crippen molar-refractivity contribution in [3.63, 3.8) is 0 Å². The normalized spacial score (nSPS) is 22.2. The van der Waals surface area contributed by atoms with Crippen molar-refractivity contribution in [1.29, 1.82) is 0 Å². The molecule has 24 heteroatoms. The van der Waals surface area contributed by atoms with E-state index >= 15 is 0 Å². The number of aryl methyl sites for hydroxylation is 2. The van der Waals surface area contributed by atoms with E-state index in [4.69, 9.17) is 65.8 Å². The van der Waals surface area contributed by atoms with Crippen LogP contribution in [0.2, 0.25) is 20.1 Å². The number of ketones is 2. The number of carbonyl (C=O) groups excluding carboxylic acids is 2. The number of hydrogen-bond acceptors (Lipinski definition) is 10. The van der Waals surface area contributed by atoms with Gasteiger partial charge in [0.25, 0.3) is 11.2 Å². The van der Waals surface area contributed by atoms with Crippen molar-refractivity contribution in [2.75, 3.05) is 0 Å². The van der Waals surface area contributed by atoms with Gasteiger partial charge in [0.15, 0.2) is 23.2 Å². The maximum atomic E-state index is 14.2. The van der Waals surface area contributed by atoms with Gasteiger partial charge < -0.3 is 19.4 Å². The van der Waals surface area contributed by atoms with Gasteiger partial charge in [-0.05, 0) is 104 Å². The average molecular weight is 1160 g/mol. The van der Waals surface area contributed by atoms with Crippen LogP contribution in [0, 0.1) is 25.5 Å². The summed E-state index contributed by atoms with van der Waals surface area (Å²) in [6, 6.07) is 12.5. The molecule has 10 nitrogen and oxygen atoms in total. The smallest absolute Gasteiger partial charge is 0.391 e. The lowest BCUT2D eigenvalue weighted by Crippen LogP contribution is -2.42. The molecule has 8 rings (SSSR count). The second-order valence-corrected chi connectivity index (χ2v) is 19.3.